The van der Waals surface area contributed by atoms with Crippen molar-refractivity contribution < 1.29 is 8.42 Å². The molecule has 4 atom stereocenters. The van der Waals surface area contributed by atoms with Gasteiger partial charge in [0.1, 0.15) is 0 Å². The Morgan fingerprint density at radius 2 is 1.92 bits per heavy atom. The number of hydrogen-bond donors (Lipinski definition) is 0. The molecule has 2 fully saturated rings. The minimum atomic E-state index is -2.96. The summed E-state index contributed by atoms with van der Waals surface area (Å²) in [6.45, 7) is 1.31. The summed E-state index contributed by atoms with van der Waals surface area (Å²) in [5.41, 5.74) is 0. The van der Waals surface area contributed by atoms with Crippen LogP contribution in [0.4, 0.5) is 0 Å². The molecule has 0 aliphatic carbocycles. The maximum absolute atomic E-state index is 11.8. The van der Waals surface area contributed by atoms with E-state index in [4.69, 9.17) is 0 Å². The highest BCUT2D eigenvalue weighted by atomic mass is 79.9. The van der Waals surface area contributed by atoms with Crippen molar-refractivity contribution >= 4 is 41.9 Å². The molecule has 0 aromatic carbocycles. The first kappa shape index (κ1) is 10.4. The van der Waals surface area contributed by atoms with Gasteiger partial charge in [0.2, 0.25) is 10.0 Å². The summed E-state index contributed by atoms with van der Waals surface area (Å²) in [4.78, 5) is 0.519. The highest BCUT2D eigenvalue weighted by Gasteiger charge is 2.44. The SMILES string of the molecule is O=S1(=O)[C@H]2CCN1C[C@@H](Br)[C@@H](Br)C2. The minimum Gasteiger partial charge on any atom is -0.212 e. The maximum atomic E-state index is 11.8. The second kappa shape index (κ2) is 3.47. The maximum Gasteiger partial charge on any atom is 0.217 e. The molecule has 76 valence electrons. The lowest BCUT2D eigenvalue weighted by molar-refractivity contribution is 0.435. The summed E-state index contributed by atoms with van der Waals surface area (Å²) in [5.74, 6) is 0. The molecule has 2 aliphatic rings. The number of nitrogens with zero attached hydrogens (tertiary/aromatic N) is 1. The van der Waals surface area contributed by atoms with Crippen LogP contribution in [0, 0.1) is 0 Å². The van der Waals surface area contributed by atoms with Crippen LogP contribution in [0.2, 0.25) is 0 Å². The smallest absolute Gasteiger partial charge is 0.212 e. The fourth-order valence-electron chi connectivity index (χ4n) is 1.92. The highest BCUT2D eigenvalue weighted by Crippen LogP contribution is 2.35. The van der Waals surface area contributed by atoms with Crippen LogP contribution >= 0.6 is 31.9 Å². The summed E-state index contributed by atoms with van der Waals surface area (Å²) in [6.07, 6.45) is 1.53. The van der Waals surface area contributed by atoms with E-state index < -0.39 is 10.0 Å². The van der Waals surface area contributed by atoms with Gasteiger partial charge in [-0.3, -0.25) is 0 Å². The van der Waals surface area contributed by atoms with Crippen molar-refractivity contribution in [3.05, 3.63) is 0 Å². The van der Waals surface area contributed by atoms with Gasteiger partial charge in [0.25, 0.3) is 0 Å². The number of alkyl halides is 2. The summed E-state index contributed by atoms with van der Waals surface area (Å²) < 4.78 is 25.2. The number of fused-ring (bicyclic) bond motifs is 2. The molecule has 0 spiro atoms. The molecule has 13 heavy (non-hydrogen) atoms. The topological polar surface area (TPSA) is 37.4 Å². The first-order valence-corrected chi connectivity index (χ1v) is 7.62. The van der Waals surface area contributed by atoms with E-state index in [9.17, 15) is 8.42 Å². The molecular weight excluding hydrogens is 322 g/mol. The predicted molar refractivity (Wildman–Crippen MR) is 58.9 cm³/mol. The largest absolute Gasteiger partial charge is 0.217 e. The van der Waals surface area contributed by atoms with Gasteiger partial charge in [-0.05, 0) is 12.8 Å². The van der Waals surface area contributed by atoms with Crippen LogP contribution in [0.5, 0.6) is 0 Å². The summed E-state index contributed by atoms with van der Waals surface area (Å²) in [6, 6.07) is 0. The second-order valence-electron chi connectivity index (χ2n) is 3.58. The molecule has 2 heterocycles. The Hall–Kier alpha value is 0.870. The second-order valence-corrected chi connectivity index (χ2v) is 8.15. The van der Waals surface area contributed by atoms with Gasteiger partial charge in [-0.15, -0.1) is 0 Å². The third kappa shape index (κ3) is 1.70. The van der Waals surface area contributed by atoms with Crippen molar-refractivity contribution in [2.45, 2.75) is 27.7 Å². The van der Waals surface area contributed by atoms with E-state index in [2.05, 4.69) is 31.9 Å². The van der Waals surface area contributed by atoms with Gasteiger partial charge in [-0.25, -0.2) is 12.7 Å². The molecule has 2 bridgehead atoms. The number of hydrogen-bond acceptors (Lipinski definition) is 2. The average Bonchev–Trinajstić information content (AvgIpc) is 2.25. The fraction of sp³-hybridized carbons (Fsp3) is 1.00. The van der Waals surface area contributed by atoms with Gasteiger partial charge >= 0.3 is 0 Å². The molecule has 0 N–H and O–H groups in total. The Balaban J connectivity index is 2.31. The van der Waals surface area contributed by atoms with E-state index >= 15 is 0 Å². The van der Waals surface area contributed by atoms with Crippen LogP contribution in [-0.2, 0) is 10.0 Å². The molecule has 0 amide bonds. The van der Waals surface area contributed by atoms with Gasteiger partial charge in [-0.2, -0.15) is 0 Å². The zero-order valence-electron chi connectivity index (χ0n) is 6.99. The Kier molecular flexibility index (Phi) is 2.77. The molecule has 1 unspecified atom stereocenters. The van der Waals surface area contributed by atoms with Crippen LogP contribution in [0.25, 0.3) is 0 Å². The monoisotopic (exact) mass is 331 g/mol. The van der Waals surface area contributed by atoms with Crippen molar-refractivity contribution in [3.63, 3.8) is 0 Å². The minimum absolute atomic E-state index is 0.153. The fourth-order valence-corrected chi connectivity index (χ4v) is 5.54. The van der Waals surface area contributed by atoms with Crippen LogP contribution < -0.4 is 0 Å². The van der Waals surface area contributed by atoms with E-state index in [-0.39, 0.29) is 14.9 Å². The van der Waals surface area contributed by atoms with Crippen molar-refractivity contribution in [2.75, 3.05) is 13.1 Å². The third-order valence-electron chi connectivity index (χ3n) is 2.74. The van der Waals surface area contributed by atoms with Gasteiger partial charge in [0, 0.05) is 22.7 Å². The standard InChI is InChI=1S/C7H11Br2NO2S/c8-6-3-5-1-2-10(4-7(6)9)13(5,11)12/h5-7H,1-4H2/t5-,6-,7+/m0/s1. The Morgan fingerprint density at radius 3 is 2.62 bits per heavy atom. The van der Waals surface area contributed by atoms with Gasteiger partial charge in [0.15, 0.2) is 0 Å². The Bertz CT molecular complexity index is 282. The molecule has 3 nitrogen and oxygen atoms in total. The van der Waals surface area contributed by atoms with Crippen LogP contribution in [0.15, 0.2) is 0 Å². The van der Waals surface area contributed by atoms with E-state index in [1.54, 1.807) is 4.31 Å². The Labute approximate surface area is 95.2 Å². The zero-order valence-corrected chi connectivity index (χ0v) is 11.0. The number of rotatable bonds is 0. The molecule has 0 saturated carbocycles. The number of sulfonamides is 1. The summed E-state index contributed by atoms with van der Waals surface area (Å²) in [5, 5.41) is -0.153. The van der Waals surface area contributed by atoms with Gasteiger partial charge in [-0.1, -0.05) is 31.9 Å². The van der Waals surface area contributed by atoms with E-state index in [1.807, 2.05) is 0 Å². The molecule has 2 aliphatic heterocycles. The van der Waals surface area contributed by atoms with E-state index in [0.717, 1.165) is 12.8 Å². The van der Waals surface area contributed by atoms with Crippen LogP contribution in [0.3, 0.4) is 0 Å². The first-order valence-electron chi connectivity index (χ1n) is 4.29. The van der Waals surface area contributed by atoms with Gasteiger partial charge < -0.3 is 0 Å². The molecule has 0 radical (unpaired) electrons. The molecular formula is C7H11Br2NO2S. The quantitative estimate of drug-likeness (QED) is 0.627. The van der Waals surface area contributed by atoms with Crippen molar-refractivity contribution in [3.8, 4) is 0 Å². The summed E-state index contributed by atoms with van der Waals surface area (Å²) >= 11 is 7.02. The highest BCUT2D eigenvalue weighted by molar-refractivity contribution is 9.12. The molecule has 0 aromatic heterocycles. The average molecular weight is 333 g/mol. The van der Waals surface area contributed by atoms with Crippen LogP contribution in [0.1, 0.15) is 12.8 Å². The zero-order chi connectivity index (χ0) is 9.64. The molecule has 2 rings (SSSR count). The van der Waals surface area contributed by atoms with Crippen molar-refractivity contribution in [2.24, 2.45) is 0 Å². The number of halogens is 2. The normalized spacial score (nSPS) is 48.8. The third-order valence-corrected chi connectivity index (χ3v) is 7.71. The lowest BCUT2D eigenvalue weighted by Gasteiger charge is -2.18. The first-order chi connectivity index (χ1) is 6.01. The molecule has 0 aromatic rings. The molecule has 2 saturated heterocycles. The lowest BCUT2D eigenvalue weighted by Crippen LogP contribution is -2.32. The summed E-state index contributed by atoms with van der Waals surface area (Å²) in [7, 11) is -2.96. The van der Waals surface area contributed by atoms with Crippen molar-refractivity contribution in [1.82, 2.24) is 4.31 Å². The lowest BCUT2D eigenvalue weighted by atomic mass is 10.1. The molecule has 6 heteroatoms. The van der Waals surface area contributed by atoms with E-state index in [0.29, 0.717) is 13.1 Å². The van der Waals surface area contributed by atoms with Crippen LogP contribution in [-0.4, -0.2) is 40.7 Å². The van der Waals surface area contributed by atoms with E-state index in [1.165, 1.54) is 0 Å². The van der Waals surface area contributed by atoms with Gasteiger partial charge in [0.05, 0.1) is 5.25 Å². The van der Waals surface area contributed by atoms with Crippen molar-refractivity contribution in [1.29, 1.82) is 0 Å². The Morgan fingerprint density at radius 1 is 1.23 bits per heavy atom. The predicted octanol–water partition coefficient (Wildman–Crippen LogP) is 1.32.